The Kier molecular flexibility index (Phi) is 6.87. The Balaban J connectivity index is -0.000000189. The maximum absolute atomic E-state index is 3.26. The van der Waals surface area contributed by atoms with Gasteiger partial charge in [0, 0.05) is 0 Å². The van der Waals surface area contributed by atoms with Crippen molar-refractivity contribution < 1.29 is 24.6 Å². The van der Waals surface area contributed by atoms with Gasteiger partial charge < -0.3 is 2.85 Å². The Morgan fingerprint density at radius 2 is 2.00 bits per heavy atom. The van der Waals surface area contributed by atoms with E-state index in [1.54, 1.807) is 0 Å². The van der Waals surface area contributed by atoms with Crippen molar-refractivity contribution in [1.82, 2.24) is 0 Å². The number of allylic oxidation sites excluding steroid dienone is 8. The zero-order chi connectivity index (χ0) is 9.68. The van der Waals surface area contributed by atoms with Crippen LogP contribution in [0.3, 0.4) is 0 Å². The van der Waals surface area contributed by atoms with Gasteiger partial charge in [0.1, 0.15) is 0 Å². The van der Waals surface area contributed by atoms with Crippen LogP contribution in [0.2, 0.25) is 0 Å². The van der Waals surface area contributed by atoms with Gasteiger partial charge in [-0.05, 0) is 0 Å². The molecule has 0 bridgehead atoms. The molecule has 0 aromatic carbocycles. The van der Waals surface area contributed by atoms with Gasteiger partial charge in [0.25, 0.3) is 0 Å². The predicted octanol–water partition coefficient (Wildman–Crippen LogP) is 4.00. The van der Waals surface area contributed by atoms with E-state index in [-0.39, 0.29) is 24.6 Å². The third-order valence-electron chi connectivity index (χ3n) is 2.41. The fourth-order valence-electron chi connectivity index (χ4n) is 1.19. The van der Waals surface area contributed by atoms with Crippen LogP contribution in [-0.2, 0) is 21.7 Å². The molecule has 0 radical (unpaired) electrons. The zero-order valence-electron chi connectivity index (χ0n) is 11.1. The molecular formula is C13H18Ti-2. The summed E-state index contributed by atoms with van der Waals surface area (Å²) in [5, 5.41) is 0. The smallest absolute Gasteiger partial charge is 1.00 e. The molecule has 2 aliphatic carbocycles. The first-order valence-corrected chi connectivity index (χ1v) is 4.67. The van der Waals surface area contributed by atoms with Crippen LogP contribution < -0.4 is 0 Å². The maximum Gasteiger partial charge on any atom is 2.00 e. The molecule has 1 heteroatoms. The molecular weight excluding hydrogens is 204 g/mol. The standard InChI is InChI=1S/C8H11.C5H5.Ti.2H/c1-6-4-5-7(2)8(6)3;1-2-4-5-3-1;;;/h4H2,1-3H3;1-3H,4H2;;;/q2*-1;+2;2*-1. The molecule has 0 heterocycles. The molecule has 0 spiro atoms. The van der Waals surface area contributed by atoms with Crippen molar-refractivity contribution in [3.63, 3.8) is 0 Å². The Bertz CT molecular complexity index is 284. The molecule has 0 N–H and O–H groups in total. The second-order valence-electron chi connectivity index (χ2n) is 3.39. The molecule has 0 aromatic heterocycles. The topological polar surface area (TPSA) is 0 Å². The van der Waals surface area contributed by atoms with E-state index in [0.29, 0.717) is 0 Å². The predicted molar refractivity (Wildman–Crippen MR) is 59.2 cm³/mol. The first kappa shape index (κ1) is 13.7. The molecule has 76 valence electrons. The molecule has 2 aliphatic rings. The van der Waals surface area contributed by atoms with E-state index in [2.05, 4.69) is 39.0 Å². The largest absolute Gasteiger partial charge is 2.00 e. The minimum Gasteiger partial charge on any atom is -1.00 e. The molecule has 0 saturated carbocycles. The molecule has 2 rings (SSSR count). The fourth-order valence-corrected chi connectivity index (χ4v) is 1.19. The summed E-state index contributed by atoms with van der Waals surface area (Å²) in [5.74, 6) is 0. The van der Waals surface area contributed by atoms with Crippen molar-refractivity contribution in [2.45, 2.75) is 33.6 Å². The van der Waals surface area contributed by atoms with Gasteiger partial charge in [-0.25, -0.2) is 17.7 Å². The van der Waals surface area contributed by atoms with Crippen molar-refractivity contribution in [1.29, 1.82) is 0 Å². The Hall–Kier alpha value is -0.326. The molecule has 0 fully saturated rings. The van der Waals surface area contributed by atoms with E-state index in [1.807, 2.05) is 12.2 Å². The van der Waals surface area contributed by atoms with Crippen molar-refractivity contribution in [2.75, 3.05) is 0 Å². The van der Waals surface area contributed by atoms with E-state index in [0.717, 1.165) is 12.8 Å². The average Bonchev–Trinajstić information content (AvgIpc) is 2.75. The Morgan fingerprint density at radius 3 is 2.14 bits per heavy atom. The van der Waals surface area contributed by atoms with Crippen LogP contribution in [0.15, 0.2) is 34.9 Å². The van der Waals surface area contributed by atoms with Crippen molar-refractivity contribution >= 4 is 0 Å². The summed E-state index contributed by atoms with van der Waals surface area (Å²) in [7, 11) is 0. The monoisotopic (exact) mass is 222 g/mol. The summed E-state index contributed by atoms with van der Waals surface area (Å²) < 4.78 is 0. The normalized spacial score (nSPS) is 17.5. The van der Waals surface area contributed by atoms with E-state index in [4.69, 9.17) is 0 Å². The Morgan fingerprint density at radius 1 is 1.29 bits per heavy atom. The van der Waals surface area contributed by atoms with Gasteiger partial charge in [-0.1, -0.05) is 13.8 Å². The quantitative estimate of drug-likeness (QED) is 0.429. The van der Waals surface area contributed by atoms with Crippen molar-refractivity contribution in [3.05, 3.63) is 47.1 Å². The van der Waals surface area contributed by atoms with Crippen LogP contribution in [-0.4, -0.2) is 0 Å². The second kappa shape index (κ2) is 7.03. The van der Waals surface area contributed by atoms with Gasteiger partial charge >= 0.3 is 21.7 Å². The first-order chi connectivity index (χ1) is 6.22. The molecule has 0 saturated heterocycles. The van der Waals surface area contributed by atoms with E-state index < -0.39 is 0 Å². The van der Waals surface area contributed by atoms with Gasteiger partial charge in [-0.2, -0.15) is 17.2 Å². The zero-order valence-corrected chi connectivity index (χ0v) is 10.7. The van der Waals surface area contributed by atoms with Gasteiger partial charge in [-0.3, -0.25) is 12.2 Å². The summed E-state index contributed by atoms with van der Waals surface area (Å²) in [6, 6.07) is 0. The SMILES string of the molecule is CC1=[C-]CC(C)=C1C.[C-]1=CC=CC1.[H-].[H-].[Ti+2]. The van der Waals surface area contributed by atoms with Crippen LogP contribution in [0.25, 0.3) is 0 Å². The summed E-state index contributed by atoms with van der Waals surface area (Å²) >= 11 is 0. The first-order valence-electron chi connectivity index (χ1n) is 4.67. The number of hydrogen-bond donors (Lipinski definition) is 0. The molecule has 0 amide bonds. The van der Waals surface area contributed by atoms with Crippen LogP contribution in [0.4, 0.5) is 0 Å². The van der Waals surface area contributed by atoms with Crippen LogP contribution in [0.1, 0.15) is 36.5 Å². The average molecular weight is 222 g/mol. The van der Waals surface area contributed by atoms with Gasteiger partial charge in [0.05, 0.1) is 0 Å². The summed E-state index contributed by atoms with van der Waals surface area (Å²) in [4.78, 5) is 0. The Labute approximate surface area is 105 Å². The van der Waals surface area contributed by atoms with Gasteiger partial charge in [0.2, 0.25) is 0 Å². The molecule has 0 aromatic rings. The second-order valence-corrected chi connectivity index (χ2v) is 3.39. The van der Waals surface area contributed by atoms with E-state index in [9.17, 15) is 0 Å². The van der Waals surface area contributed by atoms with Crippen molar-refractivity contribution in [2.24, 2.45) is 0 Å². The third-order valence-corrected chi connectivity index (χ3v) is 2.41. The van der Waals surface area contributed by atoms with Crippen LogP contribution in [0.5, 0.6) is 0 Å². The van der Waals surface area contributed by atoms with Gasteiger partial charge in [-0.15, -0.1) is 19.8 Å². The molecule has 0 unspecified atom stereocenters. The summed E-state index contributed by atoms with van der Waals surface area (Å²) in [5.41, 5.74) is 4.25. The molecule has 0 nitrogen and oxygen atoms in total. The van der Waals surface area contributed by atoms with Crippen LogP contribution in [0, 0.1) is 12.2 Å². The summed E-state index contributed by atoms with van der Waals surface area (Å²) in [6.45, 7) is 6.44. The minimum absolute atomic E-state index is 0. The van der Waals surface area contributed by atoms with Crippen molar-refractivity contribution in [3.8, 4) is 0 Å². The van der Waals surface area contributed by atoms with E-state index >= 15 is 0 Å². The number of hydrogen-bond acceptors (Lipinski definition) is 0. The summed E-state index contributed by atoms with van der Waals surface area (Å²) in [6.07, 6.45) is 14.3. The third kappa shape index (κ3) is 4.26. The maximum atomic E-state index is 3.26. The van der Waals surface area contributed by atoms with Gasteiger partial charge in [0.15, 0.2) is 0 Å². The molecule has 14 heavy (non-hydrogen) atoms. The molecule has 0 aliphatic heterocycles. The molecule has 0 atom stereocenters. The fraction of sp³-hybridized carbons (Fsp3) is 0.385. The van der Waals surface area contributed by atoms with E-state index in [1.165, 1.54) is 16.7 Å². The van der Waals surface area contributed by atoms with Crippen LogP contribution >= 0.6 is 0 Å². The minimum atomic E-state index is 0. The number of rotatable bonds is 0.